The molecule has 0 atom stereocenters. The lowest BCUT2D eigenvalue weighted by Crippen LogP contribution is -1.88. The maximum Gasteiger partial charge on any atom is 0.123 e. The summed E-state index contributed by atoms with van der Waals surface area (Å²) in [6.07, 6.45) is 10.6. The van der Waals surface area contributed by atoms with E-state index in [0.717, 1.165) is 31.6 Å². The van der Waals surface area contributed by atoms with Crippen LogP contribution in [-0.2, 0) is 6.42 Å². The third-order valence-electron chi connectivity index (χ3n) is 3.20. The Kier molecular flexibility index (Phi) is 12.0. The van der Waals surface area contributed by atoms with E-state index in [0.29, 0.717) is 0 Å². The molecule has 0 unspecified atom stereocenters. The molecule has 23 heavy (non-hydrogen) atoms. The van der Waals surface area contributed by atoms with Gasteiger partial charge in [0.25, 0.3) is 0 Å². The minimum Gasteiger partial charge on any atom is -0.207 e. The molecular formula is C22H33F. The van der Waals surface area contributed by atoms with Crippen molar-refractivity contribution < 1.29 is 4.39 Å². The molecule has 0 N–H and O–H groups in total. The van der Waals surface area contributed by atoms with Gasteiger partial charge in [0.2, 0.25) is 0 Å². The Labute approximate surface area is 142 Å². The largest absolute Gasteiger partial charge is 0.207 e. The van der Waals surface area contributed by atoms with Crippen LogP contribution in [-0.4, -0.2) is 0 Å². The molecule has 1 aromatic carbocycles. The highest BCUT2D eigenvalue weighted by Gasteiger charge is 1.97. The van der Waals surface area contributed by atoms with Gasteiger partial charge in [-0.1, -0.05) is 68.9 Å². The van der Waals surface area contributed by atoms with Gasteiger partial charge in [-0.25, -0.2) is 4.39 Å². The van der Waals surface area contributed by atoms with Crippen LogP contribution >= 0.6 is 0 Å². The lowest BCUT2D eigenvalue weighted by molar-refractivity contribution is 0.626. The summed E-state index contributed by atoms with van der Waals surface area (Å²) in [4.78, 5) is 0. The van der Waals surface area contributed by atoms with E-state index in [1.165, 1.54) is 28.8 Å². The zero-order chi connectivity index (χ0) is 17.7. The Balaban J connectivity index is 0.00000108. The van der Waals surface area contributed by atoms with Gasteiger partial charge in [0.15, 0.2) is 0 Å². The summed E-state index contributed by atoms with van der Waals surface area (Å²) >= 11 is 0. The standard InChI is InChI=1S/C18H23F.C4H10/c1-4-15(3)14-16(5-2)8-6-7-9-17-10-12-18(19)13-11-17;1-4(2)3/h4-5,10-14H,1,6-9H2,2-3H3;4H,1-3H3/b15-14-,16-5-;. The second-order valence-electron chi connectivity index (χ2n) is 6.52. The summed E-state index contributed by atoms with van der Waals surface area (Å²) in [5.74, 6) is 0.671. The highest BCUT2D eigenvalue weighted by Crippen LogP contribution is 2.14. The van der Waals surface area contributed by atoms with Gasteiger partial charge >= 0.3 is 0 Å². The lowest BCUT2D eigenvalue weighted by Gasteiger charge is -2.04. The molecule has 0 fully saturated rings. The van der Waals surface area contributed by atoms with Crippen molar-refractivity contribution in [2.45, 2.75) is 60.3 Å². The van der Waals surface area contributed by atoms with Gasteiger partial charge in [-0.15, -0.1) is 0 Å². The van der Waals surface area contributed by atoms with E-state index in [4.69, 9.17) is 0 Å². The van der Waals surface area contributed by atoms with Crippen molar-refractivity contribution >= 4 is 0 Å². The van der Waals surface area contributed by atoms with Crippen molar-refractivity contribution in [1.29, 1.82) is 0 Å². The van der Waals surface area contributed by atoms with Gasteiger partial charge in [-0.3, -0.25) is 0 Å². The molecule has 0 spiro atoms. The monoisotopic (exact) mass is 316 g/mol. The molecule has 0 aromatic heterocycles. The van der Waals surface area contributed by atoms with E-state index < -0.39 is 0 Å². The SMILES string of the molecule is C=C/C(C)=C\C(=C/C)CCCCc1ccc(F)cc1.CC(C)C. The molecule has 128 valence electrons. The summed E-state index contributed by atoms with van der Waals surface area (Å²) in [6, 6.07) is 6.80. The van der Waals surface area contributed by atoms with Gasteiger partial charge in [0.1, 0.15) is 5.82 Å². The number of hydrogen-bond donors (Lipinski definition) is 0. The molecule has 0 heterocycles. The summed E-state index contributed by atoms with van der Waals surface area (Å²) in [5.41, 5.74) is 3.77. The minimum absolute atomic E-state index is 0.162. The molecule has 0 nitrogen and oxygen atoms in total. The van der Waals surface area contributed by atoms with Crippen LogP contribution in [0.4, 0.5) is 4.39 Å². The second kappa shape index (κ2) is 12.9. The first kappa shape index (κ1) is 21.4. The van der Waals surface area contributed by atoms with Crippen LogP contribution in [0.2, 0.25) is 0 Å². The van der Waals surface area contributed by atoms with E-state index in [9.17, 15) is 4.39 Å². The van der Waals surface area contributed by atoms with Crippen LogP contribution in [0.15, 0.2) is 60.2 Å². The van der Waals surface area contributed by atoms with Crippen molar-refractivity contribution in [2.75, 3.05) is 0 Å². The summed E-state index contributed by atoms with van der Waals surface area (Å²) in [6.45, 7) is 14.4. The fraction of sp³-hybridized carbons (Fsp3) is 0.455. The Bertz CT molecular complexity index is 486. The van der Waals surface area contributed by atoms with E-state index in [1.54, 1.807) is 0 Å². The number of unbranched alkanes of at least 4 members (excludes halogenated alkanes) is 1. The Morgan fingerprint density at radius 2 is 1.70 bits per heavy atom. The summed E-state index contributed by atoms with van der Waals surface area (Å²) < 4.78 is 12.8. The van der Waals surface area contributed by atoms with E-state index in [-0.39, 0.29) is 5.82 Å². The average Bonchev–Trinajstić information content (AvgIpc) is 2.51. The minimum atomic E-state index is -0.162. The van der Waals surface area contributed by atoms with Gasteiger partial charge < -0.3 is 0 Å². The molecule has 1 heteroatoms. The predicted molar refractivity (Wildman–Crippen MR) is 102 cm³/mol. The molecule has 0 saturated heterocycles. The van der Waals surface area contributed by atoms with Crippen molar-refractivity contribution in [1.82, 2.24) is 0 Å². The molecule has 0 amide bonds. The van der Waals surface area contributed by atoms with Gasteiger partial charge in [-0.2, -0.15) is 0 Å². The van der Waals surface area contributed by atoms with Crippen molar-refractivity contribution in [2.24, 2.45) is 5.92 Å². The quantitative estimate of drug-likeness (QED) is 0.366. The first-order valence-corrected chi connectivity index (χ1v) is 8.59. The maximum atomic E-state index is 12.8. The number of hydrogen-bond acceptors (Lipinski definition) is 0. The molecule has 0 bridgehead atoms. The van der Waals surface area contributed by atoms with Crippen LogP contribution in [0, 0.1) is 11.7 Å². The molecule has 0 saturated carbocycles. The number of allylic oxidation sites excluding steroid dienone is 5. The highest BCUT2D eigenvalue weighted by atomic mass is 19.1. The molecule has 0 aliphatic heterocycles. The van der Waals surface area contributed by atoms with Gasteiger partial charge in [0.05, 0.1) is 0 Å². The number of benzene rings is 1. The van der Waals surface area contributed by atoms with E-state index >= 15 is 0 Å². The smallest absolute Gasteiger partial charge is 0.123 e. The zero-order valence-corrected chi connectivity index (χ0v) is 15.5. The van der Waals surface area contributed by atoms with Gasteiger partial charge in [-0.05, 0) is 63.1 Å². The first-order chi connectivity index (χ1) is 10.9. The summed E-state index contributed by atoms with van der Waals surface area (Å²) in [5, 5.41) is 0. The number of rotatable bonds is 7. The predicted octanol–water partition coefficient (Wildman–Crippen LogP) is 7.28. The lowest BCUT2D eigenvalue weighted by atomic mass is 10.0. The molecule has 0 radical (unpaired) electrons. The zero-order valence-electron chi connectivity index (χ0n) is 15.5. The Morgan fingerprint density at radius 3 is 2.17 bits per heavy atom. The van der Waals surface area contributed by atoms with Crippen LogP contribution in [0.5, 0.6) is 0 Å². The third kappa shape index (κ3) is 12.6. The second-order valence-corrected chi connectivity index (χ2v) is 6.52. The van der Waals surface area contributed by atoms with Crippen LogP contribution in [0.3, 0.4) is 0 Å². The number of halogens is 1. The van der Waals surface area contributed by atoms with Crippen molar-refractivity contribution in [3.8, 4) is 0 Å². The van der Waals surface area contributed by atoms with Crippen molar-refractivity contribution in [3.05, 3.63) is 71.6 Å². The normalized spacial score (nSPS) is 12.0. The van der Waals surface area contributed by atoms with Crippen molar-refractivity contribution in [3.63, 3.8) is 0 Å². The molecule has 0 aliphatic carbocycles. The van der Waals surface area contributed by atoms with E-state index in [1.807, 2.05) is 18.2 Å². The average molecular weight is 317 g/mol. The van der Waals surface area contributed by atoms with Crippen LogP contribution < -0.4 is 0 Å². The van der Waals surface area contributed by atoms with Gasteiger partial charge in [0, 0.05) is 0 Å². The fourth-order valence-corrected chi connectivity index (χ4v) is 1.96. The fourth-order valence-electron chi connectivity index (χ4n) is 1.96. The first-order valence-electron chi connectivity index (χ1n) is 8.59. The maximum absolute atomic E-state index is 12.8. The van der Waals surface area contributed by atoms with Crippen LogP contribution in [0.1, 0.15) is 59.4 Å². The summed E-state index contributed by atoms with van der Waals surface area (Å²) in [7, 11) is 0. The Hall–Kier alpha value is -1.63. The third-order valence-corrected chi connectivity index (χ3v) is 3.20. The highest BCUT2D eigenvalue weighted by molar-refractivity contribution is 5.27. The number of aryl methyl sites for hydroxylation is 1. The van der Waals surface area contributed by atoms with Crippen LogP contribution in [0.25, 0.3) is 0 Å². The molecular weight excluding hydrogens is 283 g/mol. The molecule has 1 aromatic rings. The molecule has 0 aliphatic rings. The topological polar surface area (TPSA) is 0 Å². The Morgan fingerprint density at radius 1 is 1.13 bits per heavy atom. The molecule has 1 rings (SSSR count). The van der Waals surface area contributed by atoms with E-state index in [2.05, 4.69) is 53.3 Å².